The molecule has 96 valence electrons. The van der Waals surface area contributed by atoms with E-state index >= 15 is 0 Å². The molecule has 3 nitrogen and oxygen atoms in total. The number of ether oxygens (including phenoxy) is 1. The lowest BCUT2D eigenvalue weighted by Crippen LogP contribution is -2.37. The van der Waals surface area contributed by atoms with Gasteiger partial charge in [0.05, 0.1) is 23.4 Å². The molecule has 0 radical (unpaired) electrons. The summed E-state index contributed by atoms with van der Waals surface area (Å²) in [4.78, 5) is 0. The summed E-state index contributed by atoms with van der Waals surface area (Å²) in [6, 6.07) is 8.19. The van der Waals surface area contributed by atoms with Crippen molar-refractivity contribution in [1.29, 1.82) is 5.26 Å². The lowest BCUT2D eigenvalue weighted by Gasteiger charge is -2.32. The average Bonchev–Trinajstić information content (AvgIpc) is 2.40. The van der Waals surface area contributed by atoms with Gasteiger partial charge in [-0.3, -0.25) is 0 Å². The standard InChI is InChI=1S/C14H17BrN2O/c1-18-14-5-3-2-4-12(14)17-13-8-11(15)7-6-10(13)9-16/h6-8,12,14,17H,2-5H2,1H3. The molecule has 18 heavy (non-hydrogen) atoms. The number of hydrogen-bond acceptors (Lipinski definition) is 3. The Bertz CT molecular complexity index is 456. The Morgan fingerprint density at radius 3 is 2.89 bits per heavy atom. The molecule has 1 N–H and O–H groups in total. The fourth-order valence-electron chi connectivity index (χ4n) is 2.48. The third-order valence-corrected chi connectivity index (χ3v) is 3.94. The average molecular weight is 309 g/mol. The second kappa shape index (κ2) is 6.21. The lowest BCUT2D eigenvalue weighted by molar-refractivity contribution is 0.0606. The van der Waals surface area contributed by atoms with Crippen molar-refractivity contribution in [3.05, 3.63) is 28.2 Å². The molecule has 2 unspecified atom stereocenters. The molecule has 0 bridgehead atoms. The molecule has 0 amide bonds. The van der Waals surface area contributed by atoms with Gasteiger partial charge in [-0.05, 0) is 31.0 Å². The van der Waals surface area contributed by atoms with Crippen LogP contribution < -0.4 is 5.32 Å². The minimum absolute atomic E-state index is 0.240. The highest BCUT2D eigenvalue weighted by Crippen LogP contribution is 2.27. The Hall–Kier alpha value is -1.05. The Labute approximate surface area is 116 Å². The summed E-state index contributed by atoms with van der Waals surface area (Å²) < 4.78 is 6.50. The van der Waals surface area contributed by atoms with Gasteiger partial charge in [-0.2, -0.15) is 5.26 Å². The van der Waals surface area contributed by atoms with Gasteiger partial charge in [-0.25, -0.2) is 0 Å². The summed E-state index contributed by atoms with van der Waals surface area (Å²) in [5, 5.41) is 12.6. The molecule has 1 aromatic rings. The zero-order chi connectivity index (χ0) is 13.0. The highest BCUT2D eigenvalue weighted by molar-refractivity contribution is 9.10. The second-order valence-corrected chi connectivity index (χ2v) is 5.53. The Balaban J connectivity index is 2.17. The van der Waals surface area contributed by atoms with E-state index in [1.807, 2.05) is 18.2 Å². The number of hydrogen-bond donors (Lipinski definition) is 1. The molecule has 1 aliphatic rings. The van der Waals surface area contributed by atoms with Crippen LogP contribution in [0.25, 0.3) is 0 Å². The molecule has 2 atom stereocenters. The molecule has 2 rings (SSSR count). The number of nitrogens with zero attached hydrogens (tertiary/aromatic N) is 1. The highest BCUT2D eigenvalue weighted by Gasteiger charge is 2.25. The number of anilines is 1. The molecule has 4 heteroatoms. The Morgan fingerprint density at radius 2 is 2.17 bits per heavy atom. The summed E-state index contributed by atoms with van der Waals surface area (Å²) in [5.41, 5.74) is 1.57. The second-order valence-electron chi connectivity index (χ2n) is 4.61. The van der Waals surface area contributed by atoms with Crippen LogP contribution in [0.15, 0.2) is 22.7 Å². The van der Waals surface area contributed by atoms with E-state index in [-0.39, 0.29) is 6.10 Å². The Morgan fingerprint density at radius 1 is 1.39 bits per heavy atom. The van der Waals surface area contributed by atoms with Crippen LogP contribution in [0, 0.1) is 11.3 Å². The molecule has 1 fully saturated rings. The minimum atomic E-state index is 0.240. The van der Waals surface area contributed by atoms with Crippen molar-refractivity contribution in [1.82, 2.24) is 0 Å². The van der Waals surface area contributed by atoms with Crippen molar-refractivity contribution in [2.45, 2.75) is 37.8 Å². The van der Waals surface area contributed by atoms with E-state index in [0.29, 0.717) is 11.6 Å². The third-order valence-electron chi connectivity index (χ3n) is 3.45. The lowest BCUT2D eigenvalue weighted by atomic mass is 9.92. The van der Waals surface area contributed by atoms with Crippen LogP contribution in [-0.4, -0.2) is 19.3 Å². The van der Waals surface area contributed by atoms with E-state index in [4.69, 9.17) is 10.00 Å². The minimum Gasteiger partial charge on any atom is -0.379 e. The van der Waals surface area contributed by atoms with Crippen molar-refractivity contribution < 1.29 is 4.74 Å². The quantitative estimate of drug-likeness (QED) is 0.926. The molecule has 1 aliphatic carbocycles. The largest absolute Gasteiger partial charge is 0.379 e. The van der Waals surface area contributed by atoms with Crippen LogP contribution in [0.4, 0.5) is 5.69 Å². The fraction of sp³-hybridized carbons (Fsp3) is 0.500. The first kappa shape index (κ1) is 13.4. The molecule has 0 aromatic heterocycles. The smallest absolute Gasteiger partial charge is 0.101 e. The molecule has 0 heterocycles. The van der Waals surface area contributed by atoms with E-state index in [1.165, 1.54) is 12.8 Å². The summed E-state index contributed by atoms with van der Waals surface area (Å²) >= 11 is 3.44. The van der Waals surface area contributed by atoms with Gasteiger partial charge in [0.25, 0.3) is 0 Å². The molecule has 0 aliphatic heterocycles. The van der Waals surface area contributed by atoms with Crippen LogP contribution in [0.1, 0.15) is 31.2 Å². The van der Waals surface area contributed by atoms with Gasteiger partial charge in [0.2, 0.25) is 0 Å². The van der Waals surface area contributed by atoms with E-state index in [1.54, 1.807) is 7.11 Å². The number of halogens is 1. The predicted molar refractivity (Wildman–Crippen MR) is 75.5 cm³/mol. The van der Waals surface area contributed by atoms with Gasteiger partial charge in [-0.15, -0.1) is 0 Å². The first-order valence-corrected chi connectivity index (χ1v) is 7.03. The van der Waals surface area contributed by atoms with Gasteiger partial charge < -0.3 is 10.1 Å². The zero-order valence-electron chi connectivity index (χ0n) is 10.4. The normalized spacial score (nSPS) is 23.4. The first-order chi connectivity index (χ1) is 8.74. The maximum absolute atomic E-state index is 9.13. The molecule has 0 spiro atoms. The maximum Gasteiger partial charge on any atom is 0.101 e. The van der Waals surface area contributed by atoms with Crippen LogP contribution >= 0.6 is 15.9 Å². The molecule has 0 saturated heterocycles. The number of nitriles is 1. The van der Waals surface area contributed by atoms with Crippen LogP contribution in [0.3, 0.4) is 0 Å². The molecule has 1 saturated carbocycles. The molecular formula is C14H17BrN2O. The van der Waals surface area contributed by atoms with Gasteiger partial charge >= 0.3 is 0 Å². The van der Waals surface area contributed by atoms with Crippen LogP contribution in [0.5, 0.6) is 0 Å². The summed E-state index contributed by atoms with van der Waals surface area (Å²) in [5.74, 6) is 0. The third kappa shape index (κ3) is 3.04. The summed E-state index contributed by atoms with van der Waals surface area (Å²) in [6.07, 6.45) is 4.86. The van der Waals surface area contributed by atoms with E-state index < -0.39 is 0 Å². The van der Waals surface area contributed by atoms with E-state index in [0.717, 1.165) is 23.0 Å². The molecular weight excluding hydrogens is 292 g/mol. The zero-order valence-corrected chi connectivity index (χ0v) is 12.0. The highest BCUT2D eigenvalue weighted by atomic mass is 79.9. The van der Waals surface area contributed by atoms with Gasteiger partial charge in [-0.1, -0.05) is 28.8 Å². The fourth-order valence-corrected chi connectivity index (χ4v) is 2.84. The van der Waals surface area contributed by atoms with Gasteiger partial charge in [0, 0.05) is 11.6 Å². The number of rotatable bonds is 3. The monoisotopic (exact) mass is 308 g/mol. The SMILES string of the molecule is COC1CCCCC1Nc1cc(Br)ccc1C#N. The molecule has 1 aromatic carbocycles. The first-order valence-electron chi connectivity index (χ1n) is 6.23. The van der Waals surface area contributed by atoms with Gasteiger partial charge in [0.15, 0.2) is 0 Å². The van der Waals surface area contributed by atoms with Gasteiger partial charge in [0.1, 0.15) is 6.07 Å². The Kier molecular flexibility index (Phi) is 4.62. The number of benzene rings is 1. The van der Waals surface area contributed by atoms with E-state index in [9.17, 15) is 0 Å². The van der Waals surface area contributed by atoms with Crippen molar-refractivity contribution in [3.63, 3.8) is 0 Å². The predicted octanol–water partition coefficient (Wildman–Crippen LogP) is 3.69. The maximum atomic E-state index is 9.13. The van der Waals surface area contributed by atoms with Crippen LogP contribution in [-0.2, 0) is 4.74 Å². The van der Waals surface area contributed by atoms with Crippen LogP contribution in [0.2, 0.25) is 0 Å². The number of nitrogens with one attached hydrogen (secondary N) is 1. The van der Waals surface area contributed by atoms with Crippen molar-refractivity contribution in [3.8, 4) is 6.07 Å². The summed E-state index contributed by atoms with van der Waals surface area (Å²) in [6.45, 7) is 0. The summed E-state index contributed by atoms with van der Waals surface area (Å²) in [7, 11) is 1.76. The van der Waals surface area contributed by atoms with Crippen molar-refractivity contribution >= 4 is 21.6 Å². The number of methoxy groups -OCH3 is 1. The van der Waals surface area contributed by atoms with E-state index in [2.05, 4.69) is 27.3 Å². The van der Waals surface area contributed by atoms with Crippen molar-refractivity contribution in [2.24, 2.45) is 0 Å². The topological polar surface area (TPSA) is 45.0 Å². The van der Waals surface area contributed by atoms with Crippen molar-refractivity contribution in [2.75, 3.05) is 12.4 Å².